The summed E-state index contributed by atoms with van der Waals surface area (Å²) < 4.78 is 14.6. The molecular weight excluding hydrogens is 611 g/mol. The summed E-state index contributed by atoms with van der Waals surface area (Å²) in [5.74, 6) is 0.405. The van der Waals surface area contributed by atoms with E-state index >= 15 is 0 Å². The predicted molar refractivity (Wildman–Crippen MR) is 175 cm³/mol. The summed E-state index contributed by atoms with van der Waals surface area (Å²) in [7, 11) is 1.95. The first-order chi connectivity index (χ1) is 21.9. The topological polar surface area (TPSA) is 179 Å². The van der Waals surface area contributed by atoms with Crippen molar-refractivity contribution in [2.45, 2.75) is 13.2 Å². The Bertz CT molecular complexity index is 2120. The number of benzene rings is 2. The highest BCUT2D eigenvalue weighted by Crippen LogP contribution is 2.41. The van der Waals surface area contributed by atoms with Crippen LogP contribution in [0.25, 0.3) is 36.7 Å². The number of aromatic nitrogens is 4. The van der Waals surface area contributed by atoms with Gasteiger partial charge in [-0.2, -0.15) is 20.5 Å². The van der Waals surface area contributed by atoms with Crippen LogP contribution in [0.5, 0.6) is 5.88 Å². The third kappa shape index (κ3) is 6.62. The minimum Gasteiger partial charge on any atom is -0.471 e. The van der Waals surface area contributed by atoms with Gasteiger partial charge in [0.15, 0.2) is 11.2 Å². The van der Waals surface area contributed by atoms with E-state index in [0.717, 1.165) is 41.2 Å². The van der Waals surface area contributed by atoms with E-state index in [1.807, 2.05) is 60.5 Å². The number of nitrogens with one attached hydrogen (secondary N) is 2. The zero-order chi connectivity index (χ0) is 31.3. The smallest absolute Gasteiger partial charge is 0.407 e. The Hall–Kier alpha value is -5.70. The van der Waals surface area contributed by atoms with Crippen LogP contribution < -0.4 is 20.7 Å². The average Bonchev–Trinajstić information content (AvgIpc) is 3.76. The summed E-state index contributed by atoms with van der Waals surface area (Å²) in [4.78, 5) is 30.5. The lowest BCUT2D eigenvalue weighted by atomic mass is 10.1. The fourth-order valence-electron chi connectivity index (χ4n) is 4.56. The van der Waals surface area contributed by atoms with Crippen LogP contribution in [0, 0.1) is 22.7 Å². The number of likely N-dealkylation sites (N-methyl/N-ethyl adjacent to an activating group) is 1. The van der Waals surface area contributed by atoms with Gasteiger partial charge in [-0.1, -0.05) is 30.3 Å². The van der Waals surface area contributed by atoms with Crippen LogP contribution in [0.1, 0.15) is 16.0 Å². The number of thiophene rings is 2. The van der Waals surface area contributed by atoms with Crippen molar-refractivity contribution >= 4 is 77.1 Å². The fraction of sp³-hybridized carbons (Fsp3) is 0.161. The number of hydrogen-bond acceptors (Lipinski definition) is 12. The minimum absolute atomic E-state index is 0.0905. The first-order valence-electron chi connectivity index (χ1n) is 13.7. The standard InChI is InChI=1S/C31H25N9O3S2/c1-40(21-6-7-23-24(11-21)45-25-12-22(44-27(23)25)10-20(13-32)14-33)8-9-42-31(41)35-15-18-2-4-19(5-3-18)16-43-29-26-28(37-17-36-26)38-30(34)39-29/h2-7,10-12,17H,8-9,15-16H2,1H3,(H,35,41)(H3,34,36,37,38,39). The molecule has 0 atom stereocenters. The molecule has 0 aliphatic heterocycles. The van der Waals surface area contributed by atoms with Gasteiger partial charge in [-0.15, -0.1) is 22.7 Å². The predicted octanol–water partition coefficient (Wildman–Crippen LogP) is 5.74. The third-order valence-electron chi connectivity index (χ3n) is 6.87. The number of alkyl carbamates (subject to hydrolysis) is 1. The van der Waals surface area contributed by atoms with Gasteiger partial charge in [-0.05, 0) is 35.4 Å². The maximum Gasteiger partial charge on any atom is 0.407 e. The number of hydrogen-bond donors (Lipinski definition) is 3. The van der Waals surface area contributed by atoms with Crippen LogP contribution >= 0.6 is 22.7 Å². The monoisotopic (exact) mass is 635 g/mol. The van der Waals surface area contributed by atoms with Crippen molar-refractivity contribution in [1.82, 2.24) is 25.3 Å². The molecule has 0 spiro atoms. The number of nitrogens with zero attached hydrogens (tertiary/aromatic N) is 6. The lowest BCUT2D eigenvalue weighted by Crippen LogP contribution is -2.28. The number of nitriles is 2. The normalized spacial score (nSPS) is 10.8. The molecule has 6 rings (SSSR count). The van der Waals surface area contributed by atoms with Crippen LogP contribution in [0.4, 0.5) is 16.4 Å². The second kappa shape index (κ2) is 12.9. The van der Waals surface area contributed by atoms with Gasteiger partial charge in [0, 0.05) is 38.9 Å². The van der Waals surface area contributed by atoms with Gasteiger partial charge in [-0.25, -0.2) is 9.78 Å². The van der Waals surface area contributed by atoms with Crippen LogP contribution in [0.2, 0.25) is 0 Å². The number of amides is 1. The average molecular weight is 636 g/mol. The Labute approximate surface area is 265 Å². The van der Waals surface area contributed by atoms with Crippen molar-refractivity contribution in [3.8, 4) is 18.0 Å². The van der Waals surface area contributed by atoms with E-state index in [1.54, 1.807) is 28.7 Å². The molecule has 0 bridgehead atoms. The largest absolute Gasteiger partial charge is 0.471 e. The molecular formula is C31H25N9O3S2. The Morgan fingerprint density at radius 2 is 1.89 bits per heavy atom. The van der Waals surface area contributed by atoms with Crippen molar-refractivity contribution in [2.75, 3.05) is 30.8 Å². The molecule has 12 nitrogen and oxygen atoms in total. The van der Waals surface area contributed by atoms with Gasteiger partial charge in [0.2, 0.25) is 11.8 Å². The molecule has 4 N–H and O–H groups in total. The number of fused-ring (bicyclic) bond motifs is 4. The number of anilines is 2. The van der Waals surface area contributed by atoms with E-state index in [4.69, 9.17) is 25.7 Å². The molecule has 2 aromatic carbocycles. The molecule has 0 radical (unpaired) electrons. The van der Waals surface area contributed by atoms with Crippen molar-refractivity contribution in [1.29, 1.82) is 10.5 Å². The molecule has 0 fully saturated rings. The van der Waals surface area contributed by atoms with Gasteiger partial charge in [0.1, 0.15) is 30.9 Å². The number of allylic oxidation sites excluding steroid dienone is 1. The fourth-order valence-corrected chi connectivity index (χ4v) is 7.07. The maximum absolute atomic E-state index is 12.3. The SMILES string of the molecule is CN(CCOC(=O)NCc1ccc(COc2nc(N)nc3[nH]cnc23)cc1)c1ccc2c(c1)sc1cc(C=C(C#N)C#N)sc12. The molecule has 224 valence electrons. The molecule has 0 unspecified atom stereocenters. The second-order valence-corrected chi connectivity index (χ2v) is 12.1. The zero-order valence-corrected chi connectivity index (χ0v) is 25.5. The number of carbonyl (C=O) groups excluding carboxylic acids is 1. The highest BCUT2D eigenvalue weighted by Gasteiger charge is 2.13. The minimum atomic E-state index is -0.491. The molecule has 4 heterocycles. The van der Waals surface area contributed by atoms with E-state index in [9.17, 15) is 4.79 Å². The molecule has 1 amide bonds. The highest BCUT2D eigenvalue weighted by atomic mass is 32.1. The zero-order valence-electron chi connectivity index (χ0n) is 23.9. The summed E-state index contributed by atoms with van der Waals surface area (Å²) in [5, 5.41) is 22.0. The number of nitrogens with two attached hydrogens (primary N) is 1. The molecule has 0 aliphatic carbocycles. The van der Waals surface area contributed by atoms with Crippen molar-refractivity contribution in [3.05, 3.63) is 76.4 Å². The summed E-state index contributed by atoms with van der Waals surface area (Å²) >= 11 is 3.23. The number of ether oxygens (including phenoxy) is 2. The summed E-state index contributed by atoms with van der Waals surface area (Å²) in [6.45, 7) is 1.34. The van der Waals surface area contributed by atoms with Crippen LogP contribution in [-0.2, 0) is 17.9 Å². The number of rotatable bonds is 10. The number of carbonyl (C=O) groups is 1. The van der Waals surface area contributed by atoms with E-state index < -0.39 is 6.09 Å². The number of H-pyrrole nitrogens is 1. The molecule has 0 aliphatic rings. The van der Waals surface area contributed by atoms with Crippen molar-refractivity contribution in [3.63, 3.8) is 0 Å². The Morgan fingerprint density at radius 1 is 1.09 bits per heavy atom. The lowest BCUT2D eigenvalue weighted by Gasteiger charge is -2.19. The first-order valence-corrected chi connectivity index (χ1v) is 15.3. The van der Waals surface area contributed by atoms with Crippen molar-refractivity contribution in [2.24, 2.45) is 0 Å². The molecule has 45 heavy (non-hydrogen) atoms. The molecule has 6 aromatic rings. The van der Waals surface area contributed by atoms with Crippen LogP contribution in [0.3, 0.4) is 0 Å². The summed E-state index contributed by atoms with van der Waals surface area (Å²) in [5.41, 5.74) is 9.69. The number of imidazole rings is 1. The van der Waals surface area contributed by atoms with Crippen molar-refractivity contribution < 1.29 is 14.3 Å². The first kappa shape index (κ1) is 29.4. The van der Waals surface area contributed by atoms with E-state index in [2.05, 4.69) is 37.4 Å². The quantitative estimate of drug-likeness (QED) is 0.157. The van der Waals surface area contributed by atoms with E-state index in [-0.39, 0.29) is 24.7 Å². The Morgan fingerprint density at radius 3 is 2.69 bits per heavy atom. The Kier molecular flexibility index (Phi) is 8.41. The maximum atomic E-state index is 12.3. The second-order valence-electron chi connectivity index (χ2n) is 9.91. The number of aromatic amines is 1. The van der Waals surface area contributed by atoms with Crippen LogP contribution in [-0.4, -0.2) is 46.2 Å². The molecule has 4 aromatic heterocycles. The molecule has 0 saturated heterocycles. The van der Waals surface area contributed by atoms with E-state index in [1.165, 1.54) is 6.33 Å². The van der Waals surface area contributed by atoms with E-state index in [0.29, 0.717) is 30.1 Å². The van der Waals surface area contributed by atoms with Gasteiger partial charge in [0.25, 0.3) is 0 Å². The summed E-state index contributed by atoms with van der Waals surface area (Å²) in [6.07, 6.45) is 2.63. The summed E-state index contributed by atoms with van der Waals surface area (Å²) in [6, 6.07) is 19.7. The van der Waals surface area contributed by atoms with Gasteiger partial charge in [0.05, 0.1) is 17.6 Å². The number of nitrogen functional groups attached to an aromatic ring is 1. The lowest BCUT2D eigenvalue weighted by molar-refractivity contribution is 0.148. The third-order valence-corrected chi connectivity index (χ3v) is 9.22. The van der Waals surface area contributed by atoms with Gasteiger partial charge in [-0.3, -0.25) is 0 Å². The highest BCUT2D eigenvalue weighted by molar-refractivity contribution is 7.33. The molecule has 0 saturated carbocycles. The van der Waals surface area contributed by atoms with Gasteiger partial charge < -0.3 is 30.4 Å². The molecule has 14 heteroatoms. The Balaban J connectivity index is 0.959. The van der Waals surface area contributed by atoms with Crippen LogP contribution in [0.15, 0.2) is 60.4 Å². The van der Waals surface area contributed by atoms with Gasteiger partial charge >= 0.3 is 6.09 Å².